The number of nitrogens with one attached hydrogen (secondary N) is 1. The average Bonchev–Trinajstić information content (AvgIpc) is 3.11. The highest BCUT2D eigenvalue weighted by Gasteiger charge is 2.20. The van der Waals surface area contributed by atoms with E-state index >= 15 is 0 Å². The van der Waals surface area contributed by atoms with E-state index in [1.165, 1.54) is 53.6 Å². The third-order valence-corrected chi connectivity index (χ3v) is 4.29. The third-order valence-electron chi connectivity index (χ3n) is 3.44. The Bertz CT molecular complexity index is 988. The maximum absolute atomic E-state index is 14.1. The molecule has 3 rings (SSSR count). The Balaban J connectivity index is 1.76. The van der Waals surface area contributed by atoms with Crippen molar-refractivity contribution < 1.29 is 14.0 Å². The lowest BCUT2D eigenvalue weighted by molar-refractivity contribution is -0.116. The van der Waals surface area contributed by atoms with Crippen LogP contribution in [0.5, 0.6) is 0 Å². The van der Waals surface area contributed by atoms with Gasteiger partial charge in [-0.15, -0.1) is 11.3 Å². The fraction of sp³-hybridized carbons (Fsp3) is 0.0526. The third kappa shape index (κ3) is 4.62. The molecule has 0 aliphatic heterocycles. The minimum absolute atomic E-state index is 0.129. The van der Waals surface area contributed by atoms with Crippen LogP contribution in [0.4, 0.5) is 20.9 Å². The van der Waals surface area contributed by atoms with Gasteiger partial charge in [-0.1, -0.05) is 12.1 Å². The molecule has 1 aromatic carbocycles. The lowest BCUT2D eigenvalue weighted by Gasteiger charge is -2.18. The highest BCUT2D eigenvalue weighted by molar-refractivity contribution is 7.14. The normalized spacial score (nSPS) is 10.7. The van der Waals surface area contributed by atoms with Crippen molar-refractivity contribution in [3.05, 3.63) is 71.8 Å². The van der Waals surface area contributed by atoms with Gasteiger partial charge in [0.25, 0.3) is 0 Å². The average molecular weight is 382 g/mol. The van der Waals surface area contributed by atoms with Gasteiger partial charge in [-0.05, 0) is 30.3 Å². The Morgan fingerprint density at radius 3 is 2.74 bits per heavy atom. The van der Waals surface area contributed by atoms with Crippen molar-refractivity contribution in [3.8, 4) is 0 Å². The number of carbonyl (C=O) groups excluding carboxylic acids is 2. The Kier molecular flexibility index (Phi) is 5.68. The van der Waals surface area contributed by atoms with Crippen molar-refractivity contribution >= 4 is 45.7 Å². The molecule has 0 saturated heterocycles. The van der Waals surface area contributed by atoms with Crippen LogP contribution < -0.4 is 10.2 Å². The molecule has 0 unspecified atom stereocenters. The van der Waals surface area contributed by atoms with E-state index in [0.29, 0.717) is 16.5 Å². The number of halogens is 1. The van der Waals surface area contributed by atoms with E-state index in [-0.39, 0.29) is 17.5 Å². The first-order valence-electron chi connectivity index (χ1n) is 7.94. The number of amides is 2. The number of rotatable bonds is 5. The topological polar surface area (TPSA) is 75.2 Å². The molecule has 0 spiro atoms. The molecule has 8 heteroatoms. The zero-order valence-corrected chi connectivity index (χ0v) is 15.1. The second kappa shape index (κ2) is 8.33. The zero-order valence-electron chi connectivity index (χ0n) is 14.3. The van der Waals surface area contributed by atoms with Crippen molar-refractivity contribution in [2.24, 2.45) is 0 Å². The van der Waals surface area contributed by atoms with Gasteiger partial charge in [-0.25, -0.2) is 9.37 Å². The van der Waals surface area contributed by atoms with Crippen LogP contribution in [0.25, 0.3) is 6.08 Å². The molecule has 136 valence electrons. The van der Waals surface area contributed by atoms with E-state index < -0.39 is 5.82 Å². The molecule has 0 atom stereocenters. The van der Waals surface area contributed by atoms with Crippen LogP contribution >= 0.6 is 11.3 Å². The lowest BCUT2D eigenvalue weighted by Crippen LogP contribution is -2.23. The molecule has 0 aliphatic carbocycles. The van der Waals surface area contributed by atoms with E-state index in [2.05, 4.69) is 15.3 Å². The molecule has 0 fully saturated rings. The summed E-state index contributed by atoms with van der Waals surface area (Å²) >= 11 is 1.18. The maximum Gasteiger partial charge on any atom is 0.248 e. The summed E-state index contributed by atoms with van der Waals surface area (Å²) in [4.78, 5) is 33.4. The molecule has 6 nitrogen and oxygen atoms in total. The molecule has 27 heavy (non-hydrogen) atoms. The van der Waals surface area contributed by atoms with E-state index in [1.807, 2.05) is 0 Å². The highest BCUT2D eigenvalue weighted by atomic mass is 32.1. The quantitative estimate of drug-likeness (QED) is 0.677. The van der Waals surface area contributed by atoms with Crippen LogP contribution in [-0.4, -0.2) is 21.8 Å². The minimum Gasteiger partial charge on any atom is -0.321 e. The maximum atomic E-state index is 14.1. The van der Waals surface area contributed by atoms with Gasteiger partial charge in [0.15, 0.2) is 5.13 Å². The van der Waals surface area contributed by atoms with Crippen LogP contribution in [0.2, 0.25) is 0 Å². The second-order valence-electron chi connectivity index (χ2n) is 5.43. The fourth-order valence-electron chi connectivity index (χ4n) is 2.28. The van der Waals surface area contributed by atoms with Crippen LogP contribution in [0.1, 0.15) is 12.6 Å². The van der Waals surface area contributed by atoms with E-state index in [9.17, 15) is 14.0 Å². The molecule has 0 bridgehead atoms. The van der Waals surface area contributed by atoms with Crippen LogP contribution in [0, 0.1) is 5.82 Å². The summed E-state index contributed by atoms with van der Waals surface area (Å²) in [6.45, 7) is 1.34. The van der Waals surface area contributed by atoms with Crippen molar-refractivity contribution in [2.75, 3.05) is 10.2 Å². The highest BCUT2D eigenvalue weighted by Crippen LogP contribution is 2.30. The van der Waals surface area contributed by atoms with E-state index in [1.54, 1.807) is 35.8 Å². The first-order chi connectivity index (χ1) is 13.0. The first-order valence-corrected chi connectivity index (χ1v) is 8.82. The van der Waals surface area contributed by atoms with Crippen LogP contribution in [0.15, 0.2) is 60.2 Å². The second-order valence-corrected chi connectivity index (χ2v) is 6.26. The zero-order chi connectivity index (χ0) is 19.2. The fourth-order valence-corrected chi connectivity index (χ4v) is 3.13. The molecule has 3 aromatic rings. The van der Waals surface area contributed by atoms with Gasteiger partial charge in [-0.3, -0.25) is 19.5 Å². The summed E-state index contributed by atoms with van der Waals surface area (Å²) in [7, 11) is 0. The smallest absolute Gasteiger partial charge is 0.248 e. The van der Waals surface area contributed by atoms with Crippen LogP contribution in [0.3, 0.4) is 0 Å². The van der Waals surface area contributed by atoms with Gasteiger partial charge < -0.3 is 5.32 Å². The van der Waals surface area contributed by atoms with Gasteiger partial charge in [0.05, 0.1) is 23.3 Å². The van der Waals surface area contributed by atoms with Crippen molar-refractivity contribution in [1.29, 1.82) is 0 Å². The number of benzene rings is 1. The number of para-hydroxylation sites is 1. The van der Waals surface area contributed by atoms with Gasteiger partial charge in [-0.2, -0.15) is 0 Å². The summed E-state index contributed by atoms with van der Waals surface area (Å²) in [6, 6.07) is 9.42. The molecular formula is C19H15FN4O2S. The largest absolute Gasteiger partial charge is 0.321 e. The van der Waals surface area contributed by atoms with Gasteiger partial charge in [0, 0.05) is 24.6 Å². The minimum atomic E-state index is -0.518. The predicted molar refractivity (Wildman–Crippen MR) is 103 cm³/mol. The Hall–Kier alpha value is -3.39. The van der Waals surface area contributed by atoms with E-state index in [4.69, 9.17) is 0 Å². The standard InChI is InChI=1S/C19H15FN4O2S/c1-13(25)24(17-7-3-2-6-16(17)20)19-23-15(12-27-19)8-9-18(26)22-14-5-4-10-21-11-14/h2-12H,1H3,(H,22,26)/b9-8+. The summed E-state index contributed by atoms with van der Waals surface area (Å²) in [5, 5.41) is 4.67. The number of hydrogen-bond donors (Lipinski definition) is 1. The van der Waals surface area contributed by atoms with Crippen molar-refractivity contribution in [1.82, 2.24) is 9.97 Å². The molecule has 0 aliphatic rings. The number of nitrogens with zero attached hydrogens (tertiary/aromatic N) is 3. The number of aromatic nitrogens is 2. The van der Waals surface area contributed by atoms with Crippen molar-refractivity contribution in [3.63, 3.8) is 0 Å². The Morgan fingerprint density at radius 2 is 2.04 bits per heavy atom. The monoisotopic (exact) mass is 382 g/mol. The van der Waals surface area contributed by atoms with Gasteiger partial charge in [0.1, 0.15) is 5.82 Å². The van der Waals surface area contributed by atoms with Gasteiger partial charge in [0.2, 0.25) is 11.8 Å². The molecule has 0 saturated carbocycles. The molecule has 2 amide bonds. The summed E-state index contributed by atoms with van der Waals surface area (Å²) in [5.41, 5.74) is 1.19. The first kappa shape index (κ1) is 18.4. The summed E-state index contributed by atoms with van der Waals surface area (Å²) in [5.74, 6) is -1.22. The summed E-state index contributed by atoms with van der Waals surface area (Å²) < 4.78 is 14.1. The molecule has 2 heterocycles. The lowest BCUT2D eigenvalue weighted by atomic mass is 10.3. The predicted octanol–water partition coefficient (Wildman–Crippen LogP) is 4.01. The van der Waals surface area contributed by atoms with E-state index in [0.717, 1.165) is 0 Å². The molecule has 2 aromatic heterocycles. The number of thiazole rings is 1. The summed E-state index contributed by atoms with van der Waals surface area (Å²) in [6.07, 6.45) is 5.99. The number of carbonyl (C=O) groups is 2. The molecular weight excluding hydrogens is 367 g/mol. The van der Waals surface area contributed by atoms with Crippen molar-refractivity contribution in [2.45, 2.75) is 6.92 Å². The molecule has 0 radical (unpaired) electrons. The van der Waals surface area contributed by atoms with Gasteiger partial charge >= 0.3 is 0 Å². The Morgan fingerprint density at radius 1 is 1.22 bits per heavy atom. The molecule has 1 N–H and O–H groups in total. The number of hydrogen-bond acceptors (Lipinski definition) is 5. The number of anilines is 3. The SMILES string of the molecule is CC(=O)N(c1nc(/C=C/C(=O)Nc2cccnc2)cs1)c1ccccc1F. The Labute approximate surface area is 159 Å². The number of pyridine rings is 1. The van der Waals surface area contributed by atoms with Crippen LogP contribution in [-0.2, 0) is 9.59 Å².